The zero-order valence-corrected chi connectivity index (χ0v) is 12.5. The van der Waals surface area contributed by atoms with Crippen LogP contribution in [0.15, 0.2) is 53.5 Å². The molecule has 0 bridgehead atoms. The molecule has 1 amide bonds. The van der Waals surface area contributed by atoms with E-state index in [4.69, 9.17) is 11.6 Å². The maximum atomic E-state index is 11.7. The summed E-state index contributed by atoms with van der Waals surface area (Å²) in [6.07, 6.45) is 0. The van der Waals surface area contributed by atoms with E-state index in [2.05, 4.69) is 23.1 Å². The Labute approximate surface area is 134 Å². The summed E-state index contributed by atoms with van der Waals surface area (Å²) in [6.45, 7) is 3.26. The van der Waals surface area contributed by atoms with Crippen molar-refractivity contribution in [1.82, 2.24) is 0 Å². The highest BCUT2D eigenvalue weighted by atomic mass is 35.5. The van der Waals surface area contributed by atoms with E-state index in [0.717, 1.165) is 5.56 Å². The molecule has 0 fully saturated rings. The van der Waals surface area contributed by atoms with E-state index in [1.54, 1.807) is 18.2 Å². The van der Waals surface area contributed by atoms with Crippen LogP contribution in [0, 0.1) is 11.3 Å². The fourth-order valence-corrected chi connectivity index (χ4v) is 2.33. The maximum absolute atomic E-state index is 11.7. The Kier molecular flexibility index (Phi) is 5.29. The van der Waals surface area contributed by atoms with Gasteiger partial charge in [0.05, 0.1) is 12.0 Å². The molecule has 0 aliphatic rings. The van der Waals surface area contributed by atoms with E-state index in [1.165, 1.54) is 0 Å². The molecule has 0 aliphatic heterocycles. The molecule has 2 aromatic carbocycles. The van der Waals surface area contributed by atoms with Crippen LogP contribution < -0.4 is 5.32 Å². The molecule has 0 heterocycles. The lowest BCUT2D eigenvalue weighted by Crippen LogP contribution is -2.16. The molecule has 2 rings (SSSR count). The van der Waals surface area contributed by atoms with Gasteiger partial charge in [-0.1, -0.05) is 41.9 Å². The predicted molar refractivity (Wildman–Crippen MR) is 88.4 cm³/mol. The summed E-state index contributed by atoms with van der Waals surface area (Å²) < 4.78 is 0. The van der Waals surface area contributed by atoms with Gasteiger partial charge >= 0.3 is 0 Å². The number of aliphatic imine (C=N–C) groups is 1. The lowest BCUT2D eigenvalue weighted by atomic mass is 9.91. The van der Waals surface area contributed by atoms with Crippen molar-refractivity contribution in [2.75, 3.05) is 11.9 Å². The van der Waals surface area contributed by atoms with Crippen LogP contribution in [0.1, 0.15) is 17.0 Å². The van der Waals surface area contributed by atoms with Crippen molar-refractivity contribution in [2.45, 2.75) is 5.92 Å². The molecule has 5 heteroatoms. The topological polar surface area (TPSA) is 65.2 Å². The Morgan fingerprint density at radius 1 is 1.32 bits per heavy atom. The van der Waals surface area contributed by atoms with Crippen LogP contribution in [0.25, 0.3) is 0 Å². The van der Waals surface area contributed by atoms with Crippen LogP contribution in [0.5, 0.6) is 0 Å². The number of carbonyl (C=O) groups excluding carboxylic acids is 1. The van der Waals surface area contributed by atoms with Crippen LogP contribution in [-0.2, 0) is 4.79 Å². The molecule has 1 atom stereocenters. The van der Waals surface area contributed by atoms with Crippen molar-refractivity contribution >= 4 is 29.9 Å². The van der Waals surface area contributed by atoms with Gasteiger partial charge < -0.3 is 5.32 Å². The number of anilines is 1. The largest absolute Gasteiger partial charge is 0.324 e. The van der Waals surface area contributed by atoms with Crippen molar-refractivity contribution in [2.24, 2.45) is 4.99 Å². The molecule has 0 saturated heterocycles. The van der Waals surface area contributed by atoms with E-state index >= 15 is 0 Å². The second-order valence-electron chi connectivity index (χ2n) is 4.63. The Morgan fingerprint density at radius 3 is 2.68 bits per heavy atom. The second-order valence-corrected chi connectivity index (χ2v) is 5.07. The Hall–Kier alpha value is -2.64. The number of rotatable bonds is 5. The Balaban J connectivity index is 2.44. The summed E-state index contributed by atoms with van der Waals surface area (Å²) in [4.78, 5) is 15.3. The van der Waals surface area contributed by atoms with Crippen LogP contribution in [-0.4, -0.2) is 19.2 Å². The number of hydrogen-bond acceptors (Lipinski definition) is 3. The van der Waals surface area contributed by atoms with Crippen molar-refractivity contribution < 1.29 is 4.79 Å². The molecule has 0 radical (unpaired) electrons. The first-order valence-corrected chi connectivity index (χ1v) is 7.00. The van der Waals surface area contributed by atoms with Gasteiger partial charge in [0.15, 0.2) is 0 Å². The molecule has 4 nitrogen and oxygen atoms in total. The van der Waals surface area contributed by atoms with Gasteiger partial charge in [0.1, 0.15) is 6.54 Å². The fraction of sp³-hybridized carbons (Fsp3) is 0.118. The fourth-order valence-electron chi connectivity index (χ4n) is 2.15. The van der Waals surface area contributed by atoms with Gasteiger partial charge in [0.2, 0.25) is 5.91 Å². The predicted octanol–water partition coefficient (Wildman–Crippen LogP) is 3.63. The zero-order chi connectivity index (χ0) is 15.9. The minimum atomic E-state index is -0.521. The summed E-state index contributed by atoms with van der Waals surface area (Å²) in [7, 11) is 0. The van der Waals surface area contributed by atoms with Crippen molar-refractivity contribution in [3.63, 3.8) is 0 Å². The minimum Gasteiger partial charge on any atom is -0.324 e. The Morgan fingerprint density at radius 2 is 2.05 bits per heavy atom. The van der Waals surface area contributed by atoms with Crippen molar-refractivity contribution in [1.29, 1.82) is 5.26 Å². The summed E-state index contributed by atoms with van der Waals surface area (Å²) in [5.41, 5.74) is 2.04. The van der Waals surface area contributed by atoms with Crippen LogP contribution >= 0.6 is 11.6 Å². The first-order valence-electron chi connectivity index (χ1n) is 6.62. The van der Waals surface area contributed by atoms with Gasteiger partial charge in [-0.25, -0.2) is 0 Å². The number of amides is 1. The molecule has 0 spiro atoms. The number of nitriles is 1. The van der Waals surface area contributed by atoms with Gasteiger partial charge in [0, 0.05) is 10.7 Å². The SMILES string of the molecule is C=NCC(=O)Nc1ccc(Cl)cc1C(C#N)c1ccccc1. The van der Waals surface area contributed by atoms with Crippen LogP contribution in [0.4, 0.5) is 5.69 Å². The third-order valence-electron chi connectivity index (χ3n) is 3.12. The van der Waals surface area contributed by atoms with Crippen LogP contribution in [0.2, 0.25) is 5.02 Å². The lowest BCUT2D eigenvalue weighted by molar-refractivity contribution is -0.114. The zero-order valence-electron chi connectivity index (χ0n) is 11.8. The number of benzene rings is 2. The summed E-state index contributed by atoms with van der Waals surface area (Å²) >= 11 is 6.05. The quantitative estimate of drug-likeness (QED) is 0.857. The third-order valence-corrected chi connectivity index (χ3v) is 3.35. The first kappa shape index (κ1) is 15.7. The van der Waals surface area contributed by atoms with Gasteiger partial charge in [-0.2, -0.15) is 5.26 Å². The monoisotopic (exact) mass is 311 g/mol. The van der Waals surface area contributed by atoms with Crippen molar-refractivity contribution in [3.05, 3.63) is 64.7 Å². The minimum absolute atomic E-state index is 0.0371. The molecule has 0 saturated carbocycles. The Bertz CT molecular complexity index is 722. The van der Waals surface area contributed by atoms with E-state index in [9.17, 15) is 10.1 Å². The lowest BCUT2D eigenvalue weighted by Gasteiger charge is -2.16. The number of halogens is 1. The van der Waals surface area contributed by atoms with E-state index in [0.29, 0.717) is 16.3 Å². The molecule has 1 N–H and O–H groups in total. The third kappa shape index (κ3) is 3.72. The molecule has 110 valence electrons. The number of hydrogen-bond donors (Lipinski definition) is 1. The highest BCUT2D eigenvalue weighted by Crippen LogP contribution is 2.32. The van der Waals surface area contributed by atoms with Gasteiger partial charge in [0.25, 0.3) is 0 Å². The first-order chi connectivity index (χ1) is 10.7. The van der Waals surface area contributed by atoms with E-state index < -0.39 is 5.92 Å². The average molecular weight is 312 g/mol. The molecule has 2 aromatic rings. The smallest absolute Gasteiger partial charge is 0.246 e. The number of carbonyl (C=O) groups is 1. The normalized spacial score (nSPS) is 11.3. The molecule has 0 aliphatic carbocycles. The highest BCUT2D eigenvalue weighted by Gasteiger charge is 2.18. The molecular weight excluding hydrogens is 298 g/mol. The van der Waals surface area contributed by atoms with Crippen LogP contribution in [0.3, 0.4) is 0 Å². The van der Waals surface area contributed by atoms with Gasteiger partial charge in [-0.05, 0) is 36.0 Å². The second kappa shape index (κ2) is 7.39. The summed E-state index contributed by atoms with van der Waals surface area (Å²) in [5.74, 6) is -0.810. The summed E-state index contributed by atoms with van der Waals surface area (Å²) in [5, 5.41) is 12.8. The molecule has 22 heavy (non-hydrogen) atoms. The molecule has 1 unspecified atom stereocenters. The van der Waals surface area contributed by atoms with Crippen molar-refractivity contribution in [3.8, 4) is 6.07 Å². The highest BCUT2D eigenvalue weighted by molar-refractivity contribution is 6.30. The standard InChI is InChI=1S/C17H14ClN3O/c1-20-11-17(22)21-16-8-7-13(18)9-14(16)15(10-19)12-5-3-2-4-6-12/h2-9,15H,1,11H2,(H,21,22). The molecule has 0 aromatic heterocycles. The van der Waals surface area contributed by atoms with Gasteiger partial charge in [-0.3, -0.25) is 9.79 Å². The average Bonchev–Trinajstić information content (AvgIpc) is 2.52. The summed E-state index contributed by atoms with van der Waals surface area (Å²) in [6, 6.07) is 16.7. The number of nitrogens with zero attached hydrogens (tertiary/aromatic N) is 2. The van der Waals surface area contributed by atoms with E-state index in [-0.39, 0.29) is 12.5 Å². The maximum Gasteiger partial charge on any atom is 0.246 e. The van der Waals surface area contributed by atoms with E-state index in [1.807, 2.05) is 30.3 Å². The molecular formula is C17H14ClN3O. The number of nitrogens with one attached hydrogen (secondary N) is 1. The van der Waals surface area contributed by atoms with Gasteiger partial charge in [-0.15, -0.1) is 0 Å².